The topological polar surface area (TPSA) is 92.8 Å². The fraction of sp³-hybridized carbons (Fsp3) is 0.300. The molecule has 1 atom stereocenters. The van der Waals surface area contributed by atoms with Gasteiger partial charge in [-0.3, -0.25) is 4.79 Å². The number of aromatic amines is 1. The van der Waals surface area contributed by atoms with Gasteiger partial charge in [0.15, 0.2) is 4.34 Å². The lowest BCUT2D eigenvalue weighted by Crippen LogP contribution is -2.18. The number of rotatable bonds is 7. The van der Waals surface area contributed by atoms with Gasteiger partial charge in [0, 0.05) is 23.1 Å². The quantitative estimate of drug-likeness (QED) is 0.350. The van der Waals surface area contributed by atoms with Crippen molar-refractivity contribution in [2.45, 2.75) is 29.0 Å². The van der Waals surface area contributed by atoms with Crippen LogP contribution in [0.4, 0.5) is 5.13 Å². The van der Waals surface area contributed by atoms with E-state index in [0.717, 1.165) is 45.9 Å². The van der Waals surface area contributed by atoms with Crippen LogP contribution in [-0.4, -0.2) is 39.4 Å². The average Bonchev–Trinajstić information content (AvgIpc) is 3.52. The summed E-state index contributed by atoms with van der Waals surface area (Å²) in [6.45, 7) is 1.59. The molecular formula is C20H18ClN5O2S3. The second-order valence-corrected chi connectivity index (χ2v) is 10.7. The fourth-order valence-electron chi connectivity index (χ4n) is 3.29. The average molecular weight is 492 g/mol. The third-order valence-corrected chi connectivity index (χ3v) is 8.25. The first-order chi connectivity index (χ1) is 15.1. The monoisotopic (exact) mass is 491 g/mol. The van der Waals surface area contributed by atoms with Gasteiger partial charge in [-0.25, -0.2) is 4.98 Å². The number of hydrogen-bond donors (Lipinski definition) is 2. The molecule has 160 valence electrons. The lowest BCUT2D eigenvalue weighted by molar-refractivity contribution is 0.120. The first kappa shape index (κ1) is 20.9. The van der Waals surface area contributed by atoms with Crippen LogP contribution < -0.4 is 10.9 Å². The predicted molar refractivity (Wildman–Crippen MR) is 128 cm³/mol. The molecule has 0 unspecified atom stereocenters. The van der Waals surface area contributed by atoms with Gasteiger partial charge in [-0.05, 0) is 36.6 Å². The van der Waals surface area contributed by atoms with Crippen molar-refractivity contribution >= 4 is 61.4 Å². The number of nitrogens with zero attached hydrogens (tertiary/aromatic N) is 3. The Kier molecular flexibility index (Phi) is 6.24. The van der Waals surface area contributed by atoms with Crippen LogP contribution in [0.1, 0.15) is 18.7 Å². The summed E-state index contributed by atoms with van der Waals surface area (Å²) in [6, 6.07) is 9.51. The summed E-state index contributed by atoms with van der Waals surface area (Å²) in [5.41, 5.74) is 1.59. The maximum absolute atomic E-state index is 12.6. The number of aromatic nitrogens is 4. The first-order valence-electron chi connectivity index (χ1n) is 9.74. The van der Waals surface area contributed by atoms with E-state index in [1.807, 2.05) is 30.3 Å². The molecule has 3 aromatic heterocycles. The van der Waals surface area contributed by atoms with Crippen molar-refractivity contribution in [3.63, 3.8) is 0 Å². The Balaban J connectivity index is 1.26. The van der Waals surface area contributed by atoms with Gasteiger partial charge < -0.3 is 15.0 Å². The predicted octanol–water partition coefficient (Wildman–Crippen LogP) is 5.04. The summed E-state index contributed by atoms with van der Waals surface area (Å²) in [4.78, 5) is 21.1. The minimum absolute atomic E-state index is 0.123. The van der Waals surface area contributed by atoms with Gasteiger partial charge in [0.2, 0.25) is 5.13 Å². The summed E-state index contributed by atoms with van der Waals surface area (Å²) in [5, 5.41) is 13.1. The molecule has 4 heterocycles. The highest BCUT2D eigenvalue weighted by molar-refractivity contribution is 8.00. The highest BCUT2D eigenvalue weighted by Crippen LogP contribution is 2.32. The van der Waals surface area contributed by atoms with Crippen LogP contribution in [0.2, 0.25) is 5.02 Å². The molecule has 1 fully saturated rings. The smallest absolute Gasteiger partial charge is 0.268 e. The summed E-state index contributed by atoms with van der Waals surface area (Å²) in [6.07, 6.45) is 2.45. The molecule has 0 spiro atoms. The SMILES string of the molecule is O=c1[nH]c(CSc2nnc(NC[C@@H]3CCCO3)s2)nc2cc(-c3ccc(Cl)cc3)sc12. The highest BCUT2D eigenvalue weighted by atomic mass is 35.5. The molecule has 1 saturated heterocycles. The van der Waals surface area contributed by atoms with Gasteiger partial charge in [-0.2, -0.15) is 0 Å². The largest absolute Gasteiger partial charge is 0.376 e. The van der Waals surface area contributed by atoms with Gasteiger partial charge >= 0.3 is 0 Å². The van der Waals surface area contributed by atoms with Crippen LogP contribution in [0.3, 0.4) is 0 Å². The van der Waals surface area contributed by atoms with Crippen LogP contribution in [0.15, 0.2) is 39.5 Å². The molecular weight excluding hydrogens is 474 g/mol. The van der Waals surface area contributed by atoms with Gasteiger partial charge in [-0.1, -0.05) is 46.8 Å². The molecule has 31 heavy (non-hydrogen) atoms. The zero-order valence-corrected chi connectivity index (χ0v) is 19.5. The number of hydrogen-bond acceptors (Lipinski definition) is 9. The third-order valence-electron chi connectivity index (χ3n) is 4.80. The molecule has 4 aromatic rings. The second-order valence-electron chi connectivity index (χ2n) is 7.02. The Morgan fingerprint density at radius 1 is 1.26 bits per heavy atom. The molecule has 1 aliphatic rings. The van der Waals surface area contributed by atoms with E-state index >= 15 is 0 Å². The van der Waals surface area contributed by atoms with Crippen molar-refractivity contribution in [1.29, 1.82) is 0 Å². The maximum atomic E-state index is 12.6. The molecule has 1 aromatic carbocycles. The van der Waals surface area contributed by atoms with E-state index < -0.39 is 0 Å². The van der Waals surface area contributed by atoms with Crippen molar-refractivity contribution in [3.05, 3.63) is 51.5 Å². The van der Waals surface area contributed by atoms with Crippen LogP contribution in [-0.2, 0) is 10.5 Å². The van der Waals surface area contributed by atoms with Gasteiger partial charge in [0.25, 0.3) is 5.56 Å². The second kappa shape index (κ2) is 9.25. The van der Waals surface area contributed by atoms with Crippen LogP contribution in [0.5, 0.6) is 0 Å². The standard InChI is InChI=1S/C20H18ClN5O2S3/c21-12-5-3-11(4-6-12)15-8-14-17(30-15)18(27)24-16(23-14)10-29-20-26-25-19(31-20)22-9-13-2-1-7-28-13/h3-6,8,13H,1-2,7,9-10H2,(H,22,25)(H,23,24,27)/t13-/m0/s1. The molecule has 0 saturated carbocycles. The Bertz CT molecular complexity index is 1250. The number of fused-ring (bicyclic) bond motifs is 1. The van der Waals surface area contributed by atoms with Crippen molar-refractivity contribution in [1.82, 2.24) is 20.2 Å². The summed E-state index contributed by atoms with van der Waals surface area (Å²) >= 11 is 10.4. The fourth-order valence-corrected chi connectivity index (χ4v) is 6.04. The number of benzene rings is 1. The van der Waals surface area contributed by atoms with E-state index in [1.54, 1.807) is 0 Å². The molecule has 5 rings (SSSR count). The van der Waals surface area contributed by atoms with E-state index in [2.05, 4.69) is 25.5 Å². The molecule has 7 nitrogen and oxygen atoms in total. The Morgan fingerprint density at radius 2 is 2.13 bits per heavy atom. The van der Waals surface area contributed by atoms with Crippen molar-refractivity contribution in [2.75, 3.05) is 18.5 Å². The summed E-state index contributed by atoms with van der Waals surface area (Å²) in [7, 11) is 0. The van der Waals surface area contributed by atoms with Gasteiger partial charge in [0.05, 0.1) is 17.4 Å². The van der Waals surface area contributed by atoms with E-state index in [-0.39, 0.29) is 11.7 Å². The molecule has 0 bridgehead atoms. The van der Waals surface area contributed by atoms with Crippen molar-refractivity contribution in [2.24, 2.45) is 0 Å². The van der Waals surface area contributed by atoms with Gasteiger partial charge in [0.1, 0.15) is 10.5 Å². The molecule has 1 aliphatic heterocycles. The molecule has 0 aliphatic carbocycles. The van der Waals surface area contributed by atoms with Crippen LogP contribution >= 0.6 is 46.0 Å². The van der Waals surface area contributed by atoms with E-state index in [0.29, 0.717) is 26.8 Å². The molecule has 11 heteroatoms. The normalized spacial score (nSPS) is 16.2. The maximum Gasteiger partial charge on any atom is 0.268 e. The van der Waals surface area contributed by atoms with Crippen LogP contribution in [0, 0.1) is 0 Å². The zero-order chi connectivity index (χ0) is 21.2. The number of thioether (sulfide) groups is 1. The Morgan fingerprint density at radius 3 is 2.94 bits per heavy atom. The van der Waals surface area contributed by atoms with Crippen LogP contribution in [0.25, 0.3) is 20.7 Å². The zero-order valence-electron chi connectivity index (χ0n) is 16.3. The summed E-state index contributed by atoms with van der Waals surface area (Å²) < 4.78 is 7.05. The van der Waals surface area contributed by atoms with E-state index in [1.165, 1.54) is 34.4 Å². The molecule has 2 N–H and O–H groups in total. The number of ether oxygens (including phenoxy) is 1. The number of anilines is 1. The van der Waals surface area contributed by atoms with E-state index in [4.69, 9.17) is 16.3 Å². The Hall–Kier alpha value is -1.98. The van der Waals surface area contributed by atoms with Crippen molar-refractivity contribution < 1.29 is 4.74 Å². The number of thiophene rings is 1. The third kappa shape index (κ3) is 4.93. The molecule has 0 amide bonds. The number of nitrogens with one attached hydrogen (secondary N) is 2. The lowest BCUT2D eigenvalue weighted by atomic mass is 10.2. The summed E-state index contributed by atoms with van der Waals surface area (Å²) in [5.74, 6) is 1.13. The highest BCUT2D eigenvalue weighted by Gasteiger charge is 2.16. The number of H-pyrrole nitrogens is 1. The van der Waals surface area contributed by atoms with E-state index in [9.17, 15) is 4.79 Å². The minimum atomic E-state index is -0.123. The Labute approximate surface area is 195 Å². The van der Waals surface area contributed by atoms with Crippen molar-refractivity contribution in [3.8, 4) is 10.4 Å². The lowest BCUT2D eigenvalue weighted by Gasteiger charge is -2.08. The number of halogens is 1. The first-order valence-corrected chi connectivity index (χ1v) is 12.7. The molecule has 0 radical (unpaired) electrons. The minimum Gasteiger partial charge on any atom is -0.376 e. The van der Waals surface area contributed by atoms with Gasteiger partial charge in [-0.15, -0.1) is 21.5 Å².